The molecule has 5 heteroatoms. The zero-order valence-corrected chi connectivity index (χ0v) is 15.2. The molecule has 1 fully saturated rings. The lowest BCUT2D eigenvalue weighted by atomic mass is 10.2. The summed E-state index contributed by atoms with van der Waals surface area (Å²) in [4.78, 5) is 14.1. The molecule has 1 N–H and O–H groups in total. The van der Waals surface area contributed by atoms with Crippen LogP contribution in [0.4, 0.5) is 5.69 Å². The van der Waals surface area contributed by atoms with E-state index in [-0.39, 0.29) is 0 Å². The third kappa shape index (κ3) is 4.72. The first-order chi connectivity index (χ1) is 12.3. The summed E-state index contributed by atoms with van der Waals surface area (Å²) in [6, 6.07) is 16.7. The van der Waals surface area contributed by atoms with Gasteiger partial charge in [0, 0.05) is 44.1 Å². The lowest BCUT2D eigenvalue weighted by Gasteiger charge is -2.37. The quantitative estimate of drug-likeness (QED) is 0.688. The summed E-state index contributed by atoms with van der Waals surface area (Å²) in [6.07, 6.45) is 0. The average Bonchev–Trinajstić information content (AvgIpc) is 2.66. The lowest BCUT2D eigenvalue weighted by Crippen LogP contribution is -2.52. The van der Waals surface area contributed by atoms with Crippen molar-refractivity contribution in [3.8, 4) is 0 Å². The van der Waals surface area contributed by atoms with Crippen LogP contribution >= 0.6 is 0 Å². The van der Waals surface area contributed by atoms with Crippen molar-refractivity contribution in [2.24, 2.45) is 4.99 Å². The Balaban J connectivity index is 1.62. The second-order valence-electron chi connectivity index (χ2n) is 6.25. The van der Waals surface area contributed by atoms with E-state index >= 15 is 0 Å². The van der Waals surface area contributed by atoms with Crippen molar-refractivity contribution in [1.82, 2.24) is 15.2 Å². The molecule has 5 nitrogen and oxygen atoms in total. The standard InChI is InChI=1S/C20H27N5/c1-3-21-20(22-16-18-9-7-8-17(2)23-18)25-14-12-24(13-15-25)19-10-5-4-6-11-19/h4-11H,3,12-16H2,1-2H3,(H,21,22). The summed E-state index contributed by atoms with van der Waals surface area (Å²) in [5.41, 5.74) is 3.35. The van der Waals surface area contributed by atoms with E-state index in [0.29, 0.717) is 6.54 Å². The Labute approximate surface area is 150 Å². The molecule has 0 aliphatic carbocycles. The van der Waals surface area contributed by atoms with Crippen molar-refractivity contribution in [2.75, 3.05) is 37.6 Å². The van der Waals surface area contributed by atoms with Crippen LogP contribution in [0.15, 0.2) is 53.5 Å². The molecule has 0 unspecified atom stereocenters. The molecular formula is C20H27N5. The molecule has 0 atom stereocenters. The highest BCUT2D eigenvalue weighted by atomic mass is 15.3. The number of benzene rings is 1. The number of nitrogens with zero attached hydrogens (tertiary/aromatic N) is 4. The van der Waals surface area contributed by atoms with Gasteiger partial charge < -0.3 is 15.1 Å². The van der Waals surface area contributed by atoms with Crippen molar-refractivity contribution in [3.05, 3.63) is 59.9 Å². The fraction of sp³-hybridized carbons (Fsp3) is 0.400. The first-order valence-electron chi connectivity index (χ1n) is 9.02. The Kier molecular flexibility index (Phi) is 5.88. The van der Waals surface area contributed by atoms with Gasteiger partial charge in [0.15, 0.2) is 5.96 Å². The minimum Gasteiger partial charge on any atom is -0.368 e. The van der Waals surface area contributed by atoms with Crippen LogP contribution in [0.1, 0.15) is 18.3 Å². The zero-order chi connectivity index (χ0) is 17.5. The summed E-state index contributed by atoms with van der Waals surface area (Å²) < 4.78 is 0. The Hall–Kier alpha value is -2.56. The fourth-order valence-electron chi connectivity index (χ4n) is 3.08. The molecule has 1 aromatic carbocycles. The predicted octanol–water partition coefficient (Wildman–Crippen LogP) is 2.68. The predicted molar refractivity (Wildman–Crippen MR) is 104 cm³/mol. The highest BCUT2D eigenvalue weighted by Gasteiger charge is 2.19. The molecule has 0 spiro atoms. The normalized spacial score (nSPS) is 15.4. The van der Waals surface area contributed by atoms with Gasteiger partial charge in [-0.05, 0) is 38.1 Å². The van der Waals surface area contributed by atoms with E-state index in [0.717, 1.165) is 50.1 Å². The lowest BCUT2D eigenvalue weighted by molar-refractivity contribution is 0.372. The van der Waals surface area contributed by atoms with Gasteiger partial charge in [0.1, 0.15) is 0 Å². The topological polar surface area (TPSA) is 43.8 Å². The van der Waals surface area contributed by atoms with Crippen LogP contribution in [-0.4, -0.2) is 48.6 Å². The first-order valence-corrected chi connectivity index (χ1v) is 9.02. The van der Waals surface area contributed by atoms with Crippen LogP contribution in [0.25, 0.3) is 0 Å². The van der Waals surface area contributed by atoms with Crippen LogP contribution in [0, 0.1) is 6.92 Å². The number of piperazine rings is 1. The van der Waals surface area contributed by atoms with Gasteiger partial charge in [0.25, 0.3) is 0 Å². The van der Waals surface area contributed by atoms with Crippen molar-refractivity contribution in [1.29, 1.82) is 0 Å². The first kappa shape index (κ1) is 17.3. The highest BCUT2D eigenvalue weighted by molar-refractivity contribution is 5.80. The number of pyridine rings is 1. The monoisotopic (exact) mass is 337 g/mol. The minimum absolute atomic E-state index is 0.614. The molecule has 2 heterocycles. The molecule has 2 aromatic rings. The van der Waals surface area contributed by atoms with E-state index in [1.54, 1.807) is 0 Å². The molecule has 0 bridgehead atoms. The third-order valence-corrected chi connectivity index (χ3v) is 4.37. The summed E-state index contributed by atoms with van der Waals surface area (Å²) in [7, 11) is 0. The van der Waals surface area contributed by atoms with E-state index in [9.17, 15) is 0 Å². The van der Waals surface area contributed by atoms with E-state index in [4.69, 9.17) is 4.99 Å². The number of hydrogen-bond acceptors (Lipinski definition) is 3. The molecule has 1 aliphatic rings. The zero-order valence-electron chi connectivity index (χ0n) is 15.2. The number of anilines is 1. The highest BCUT2D eigenvalue weighted by Crippen LogP contribution is 2.15. The largest absolute Gasteiger partial charge is 0.368 e. The number of nitrogens with one attached hydrogen (secondary N) is 1. The van der Waals surface area contributed by atoms with Crippen molar-refractivity contribution >= 4 is 11.6 Å². The van der Waals surface area contributed by atoms with Gasteiger partial charge in [-0.1, -0.05) is 24.3 Å². The smallest absolute Gasteiger partial charge is 0.194 e. The van der Waals surface area contributed by atoms with Gasteiger partial charge in [0.05, 0.1) is 12.2 Å². The van der Waals surface area contributed by atoms with Crippen molar-refractivity contribution in [2.45, 2.75) is 20.4 Å². The van der Waals surface area contributed by atoms with Crippen molar-refractivity contribution < 1.29 is 0 Å². The minimum atomic E-state index is 0.614. The number of guanidine groups is 1. The number of aromatic nitrogens is 1. The van der Waals surface area contributed by atoms with E-state index in [1.807, 2.05) is 25.1 Å². The number of para-hydroxylation sites is 1. The summed E-state index contributed by atoms with van der Waals surface area (Å²) in [5, 5.41) is 3.42. The van der Waals surface area contributed by atoms with Gasteiger partial charge in [-0.2, -0.15) is 0 Å². The van der Waals surface area contributed by atoms with E-state index in [1.165, 1.54) is 5.69 Å². The Morgan fingerprint density at radius 2 is 1.80 bits per heavy atom. The molecule has 1 aliphatic heterocycles. The number of rotatable bonds is 4. The third-order valence-electron chi connectivity index (χ3n) is 4.37. The number of hydrogen-bond donors (Lipinski definition) is 1. The molecule has 0 saturated carbocycles. The van der Waals surface area contributed by atoms with Crippen LogP contribution in [-0.2, 0) is 6.54 Å². The summed E-state index contributed by atoms with van der Waals surface area (Å²) in [5.74, 6) is 0.985. The second kappa shape index (κ2) is 8.51. The summed E-state index contributed by atoms with van der Waals surface area (Å²) >= 11 is 0. The molecule has 3 rings (SSSR count). The maximum Gasteiger partial charge on any atom is 0.194 e. The molecular weight excluding hydrogens is 310 g/mol. The van der Waals surface area contributed by atoms with Gasteiger partial charge in [-0.3, -0.25) is 4.98 Å². The van der Waals surface area contributed by atoms with Crippen LogP contribution in [0.5, 0.6) is 0 Å². The maximum atomic E-state index is 4.80. The average molecular weight is 337 g/mol. The molecule has 25 heavy (non-hydrogen) atoms. The molecule has 0 amide bonds. The van der Waals surface area contributed by atoms with Crippen LogP contribution in [0.2, 0.25) is 0 Å². The molecule has 1 aromatic heterocycles. The summed E-state index contributed by atoms with van der Waals surface area (Å²) in [6.45, 7) is 9.59. The SMILES string of the molecule is CCNC(=NCc1cccc(C)n1)N1CCN(c2ccccc2)CC1. The molecule has 0 radical (unpaired) electrons. The van der Waals surface area contributed by atoms with Gasteiger partial charge in [0.2, 0.25) is 0 Å². The maximum absolute atomic E-state index is 4.80. The van der Waals surface area contributed by atoms with Crippen LogP contribution < -0.4 is 10.2 Å². The molecule has 1 saturated heterocycles. The van der Waals surface area contributed by atoms with Crippen LogP contribution in [0.3, 0.4) is 0 Å². The van der Waals surface area contributed by atoms with E-state index < -0.39 is 0 Å². The fourth-order valence-corrected chi connectivity index (χ4v) is 3.08. The van der Waals surface area contributed by atoms with Crippen molar-refractivity contribution in [3.63, 3.8) is 0 Å². The van der Waals surface area contributed by atoms with Gasteiger partial charge in [-0.15, -0.1) is 0 Å². The molecule has 132 valence electrons. The Morgan fingerprint density at radius 3 is 2.48 bits per heavy atom. The second-order valence-corrected chi connectivity index (χ2v) is 6.25. The van der Waals surface area contributed by atoms with E-state index in [2.05, 4.69) is 57.4 Å². The number of aryl methyl sites for hydroxylation is 1. The van der Waals surface area contributed by atoms with Gasteiger partial charge >= 0.3 is 0 Å². The number of aliphatic imine (C=N–C) groups is 1. The van der Waals surface area contributed by atoms with Gasteiger partial charge in [-0.25, -0.2) is 4.99 Å². The Bertz CT molecular complexity index is 690. The Morgan fingerprint density at radius 1 is 1.04 bits per heavy atom.